The zero-order chi connectivity index (χ0) is 29.7. The zero-order valence-corrected chi connectivity index (χ0v) is 29.0. The fourth-order valence-corrected chi connectivity index (χ4v) is 11.3. The fraction of sp³-hybridized carbons (Fsp3) is 1.00. The second-order valence-corrected chi connectivity index (χ2v) is 22.3. The fourth-order valence-electron chi connectivity index (χ4n) is 10.2. The van der Waals surface area contributed by atoms with Crippen molar-refractivity contribution in [1.82, 2.24) is 0 Å². The van der Waals surface area contributed by atoms with Crippen molar-refractivity contribution in [3.8, 4) is 0 Å². The number of fused-ring (bicyclic) bond motifs is 5. The van der Waals surface area contributed by atoms with Crippen molar-refractivity contribution in [2.75, 3.05) is 13.2 Å². The van der Waals surface area contributed by atoms with E-state index in [4.69, 9.17) is 9.16 Å². The molecule has 0 amide bonds. The molecular formula is C35H66O4Si. The van der Waals surface area contributed by atoms with Crippen LogP contribution < -0.4 is 0 Å². The average molecular weight is 579 g/mol. The summed E-state index contributed by atoms with van der Waals surface area (Å²) in [5.74, 6) is 4.38. The van der Waals surface area contributed by atoms with Crippen molar-refractivity contribution in [2.45, 2.75) is 162 Å². The van der Waals surface area contributed by atoms with Gasteiger partial charge in [0.1, 0.15) is 0 Å². The van der Waals surface area contributed by atoms with Gasteiger partial charge >= 0.3 is 0 Å². The van der Waals surface area contributed by atoms with Crippen LogP contribution >= 0.6 is 0 Å². The summed E-state index contributed by atoms with van der Waals surface area (Å²) in [4.78, 5) is 0. The largest absolute Gasteiger partial charge is 0.414 e. The molecular weight excluding hydrogens is 512 g/mol. The third kappa shape index (κ3) is 6.44. The summed E-state index contributed by atoms with van der Waals surface area (Å²) >= 11 is 0. The Morgan fingerprint density at radius 3 is 2.12 bits per heavy atom. The number of ether oxygens (including phenoxy) is 1. The Kier molecular flexibility index (Phi) is 9.77. The SMILES string of the molecule is C[C@H](CCCC(C)(C)O)[C@H]1CC[C@H]2[C@@H]3CC[C@H]4[C@@H](O)[C@@H](OCCO[Si](C)(C)C(C)(C)C)CC[C@]4(C)[C@H]3CC[C@]12C. The minimum atomic E-state index is -1.76. The Hall–Kier alpha value is 0.0569. The molecule has 5 heteroatoms. The molecule has 0 bridgehead atoms. The quantitative estimate of drug-likeness (QED) is 0.201. The molecule has 4 fully saturated rings. The van der Waals surface area contributed by atoms with E-state index < -0.39 is 13.9 Å². The van der Waals surface area contributed by atoms with Crippen molar-refractivity contribution in [2.24, 2.45) is 46.3 Å². The number of hydrogen-bond acceptors (Lipinski definition) is 4. The summed E-state index contributed by atoms with van der Waals surface area (Å²) in [6.45, 7) is 24.3. The van der Waals surface area contributed by atoms with Crippen molar-refractivity contribution >= 4 is 8.32 Å². The standard InChI is InChI=1S/C35H66O4Si/c1-24(12-11-19-33(5,6)37)26-15-16-27-25-13-14-29-31(36)30(38-22-23-39-40(9,10)32(2,3)4)18-21-35(29,8)28(25)17-20-34(26,27)7/h24-31,36-37H,11-23H2,1-10H3/t24-,25+,26-,27+,28+,29+,30+,31-,34-,35-/m1/s1. The molecule has 0 spiro atoms. The highest BCUT2D eigenvalue weighted by atomic mass is 28.4. The highest BCUT2D eigenvalue weighted by Crippen LogP contribution is 2.68. The van der Waals surface area contributed by atoms with Crippen LogP contribution in [0.1, 0.15) is 126 Å². The predicted octanol–water partition coefficient (Wildman–Crippen LogP) is 8.60. The monoisotopic (exact) mass is 578 g/mol. The van der Waals surface area contributed by atoms with Gasteiger partial charge in [0.25, 0.3) is 0 Å². The van der Waals surface area contributed by atoms with E-state index in [0.717, 1.165) is 55.3 Å². The molecule has 4 aliphatic carbocycles. The lowest BCUT2D eigenvalue weighted by molar-refractivity contribution is -0.186. The third-order valence-corrected chi connectivity index (χ3v) is 18.1. The molecule has 4 nitrogen and oxygen atoms in total. The number of hydrogen-bond donors (Lipinski definition) is 2. The van der Waals surface area contributed by atoms with Crippen LogP contribution in [0.4, 0.5) is 0 Å². The van der Waals surface area contributed by atoms with Gasteiger partial charge in [-0.25, -0.2) is 0 Å². The summed E-state index contributed by atoms with van der Waals surface area (Å²) in [5, 5.41) is 22.0. The molecule has 0 unspecified atom stereocenters. The molecule has 234 valence electrons. The highest BCUT2D eigenvalue weighted by Gasteiger charge is 2.62. The molecule has 0 saturated heterocycles. The predicted molar refractivity (Wildman–Crippen MR) is 169 cm³/mol. The molecule has 0 aromatic carbocycles. The van der Waals surface area contributed by atoms with E-state index in [1.54, 1.807) is 0 Å². The van der Waals surface area contributed by atoms with E-state index in [1.165, 1.54) is 44.9 Å². The van der Waals surface area contributed by atoms with Crippen LogP contribution in [0.5, 0.6) is 0 Å². The summed E-state index contributed by atoms with van der Waals surface area (Å²) in [6, 6.07) is 0. The molecule has 0 aliphatic heterocycles. The number of aliphatic hydroxyl groups excluding tert-OH is 1. The lowest BCUT2D eigenvalue weighted by Crippen LogP contribution is -2.58. The maximum Gasteiger partial charge on any atom is 0.192 e. The van der Waals surface area contributed by atoms with Crippen LogP contribution in [0.25, 0.3) is 0 Å². The second-order valence-electron chi connectivity index (χ2n) is 17.5. The van der Waals surface area contributed by atoms with Crippen LogP contribution in [-0.2, 0) is 9.16 Å². The normalized spacial score (nSPS) is 41.2. The van der Waals surface area contributed by atoms with Crippen LogP contribution in [0, 0.1) is 46.3 Å². The van der Waals surface area contributed by atoms with Crippen molar-refractivity contribution in [3.05, 3.63) is 0 Å². The van der Waals surface area contributed by atoms with E-state index in [9.17, 15) is 10.2 Å². The van der Waals surface area contributed by atoms with Crippen LogP contribution in [-0.4, -0.2) is 49.6 Å². The van der Waals surface area contributed by atoms with Gasteiger partial charge in [-0.2, -0.15) is 0 Å². The molecule has 40 heavy (non-hydrogen) atoms. The molecule has 0 radical (unpaired) electrons. The first kappa shape index (κ1) is 33.0. The highest BCUT2D eigenvalue weighted by molar-refractivity contribution is 6.74. The van der Waals surface area contributed by atoms with E-state index in [-0.39, 0.29) is 22.7 Å². The molecule has 4 aliphatic rings. The molecule has 2 N–H and O–H groups in total. The lowest BCUT2D eigenvalue weighted by atomic mass is 9.44. The van der Waals surface area contributed by atoms with Crippen molar-refractivity contribution in [3.63, 3.8) is 0 Å². The molecule has 0 heterocycles. The molecule has 4 rings (SSSR count). The summed E-state index contributed by atoms with van der Waals surface area (Å²) in [7, 11) is -1.76. The summed E-state index contributed by atoms with van der Waals surface area (Å²) in [5.41, 5.74) is 0.181. The Morgan fingerprint density at radius 1 is 0.850 bits per heavy atom. The van der Waals surface area contributed by atoms with Crippen LogP contribution in [0.15, 0.2) is 0 Å². The van der Waals surface area contributed by atoms with Crippen molar-refractivity contribution in [1.29, 1.82) is 0 Å². The Bertz CT molecular complexity index is 845. The minimum Gasteiger partial charge on any atom is -0.414 e. The molecule has 0 aromatic rings. The smallest absolute Gasteiger partial charge is 0.192 e. The second kappa shape index (κ2) is 11.9. The minimum absolute atomic E-state index is 0.0351. The summed E-state index contributed by atoms with van der Waals surface area (Å²) in [6.07, 6.45) is 13.1. The van der Waals surface area contributed by atoms with E-state index in [0.29, 0.717) is 24.5 Å². The topological polar surface area (TPSA) is 58.9 Å². The molecule has 4 saturated carbocycles. The van der Waals surface area contributed by atoms with Gasteiger partial charge < -0.3 is 19.4 Å². The van der Waals surface area contributed by atoms with Gasteiger partial charge in [0.15, 0.2) is 8.32 Å². The van der Waals surface area contributed by atoms with Gasteiger partial charge in [0, 0.05) is 0 Å². The van der Waals surface area contributed by atoms with Crippen LogP contribution in [0.3, 0.4) is 0 Å². The lowest BCUT2D eigenvalue weighted by Gasteiger charge is -2.62. The summed E-state index contributed by atoms with van der Waals surface area (Å²) < 4.78 is 12.7. The zero-order valence-electron chi connectivity index (χ0n) is 28.0. The van der Waals surface area contributed by atoms with Gasteiger partial charge in [-0.05, 0) is 136 Å². The van der Waals surface area contributed by atoms with Gasteiger partial charge in [-0.1, -0.05) is 54.4 Å². The third-order valence-electron chi connectivity index (χ3n) is 13.6. The maximum absolute atomic E-state index is 11.6. The first-order valence-electron chi connectivity index (χ1n) is 17.1. The average Bonchev–Trinajstić information content (AvgIpc) is 3.19. The van der Waals surface area contributed by atoms with Gasteiger partial charge in [-0.3, -0.25) is 0 Å². The van der Waals surface area contributed by atoms with E-state index in [1.807, 2.05) is 13.8 Å². The van der Waals surface area contributed by atoms with E-state index in [2.05, 4.69) is 54.6 Å². The van der Waals surface area contributed by atoms with Crippen LogP contribution in [0.2, 0.25) is 18.1 Å². The Balaban J connectivity index is 1.34. The number of aliphatic hydroxyl groups is 2. The van der Waals surface area contributed by atoms with Crippen molar-refractivity contribution < 1.29 is 19.4 Å². The van der Waals surface area contributed by atoms with Gasteiger partial charge in [0.2, 0.25) is 0 Å². The Morgan fingerprint density at radius 2 is 1.48 bits per heavy atom. The molecule has 10 atom stereocenters. The first-order chi connectivity index (χ1) is 18.4. The number of rotatable bonds is 10. The first-order valence-corrected chi connectivity index (χ1v) is 20.0. The van der Waals surface area contributed by atoms with Gasteiger partial charge in [0.05, 0.1) is 31.0 Å². The van der Waals surface area contributed by atoms with Gasteiger partial charge in [-0.15, -0.1) is 0 Å². The molecule has 0 aromatic heterocycles. The Labute approximate surface area is 248 Å². The van der Waals surface area contributed by atoms with E-state index >= 15 is 0 Å². The maximum atomic E-state index is 11.6.